The standard InChI is InChI=1S/C24H34N4O2S/c1-24(2,3)16-27(5)22(29)21-15-28-20-9-8-17(13-19(20)25-23(28)31-21)14-26(4)11-10-18-7-6-12-30-18/h8-9,13,15,18H,6-7,10-12,14,16H2,1-5H3. The predicted molar refractivity (Wildman–Crippen MR) is 127 cm³/mol. The topological polar surface area (TPSA) is 50.1 Å². The van der Waals surface area contributed by atoms with Crippen LogP contribution in [0.15, 0.2) is 24.4 Å². The number of ether oxygens (including phenoxy) is 1. The summed E-state index contributed by atoms with van der Waals surface area (Å²) >= 11 is 1.46. The maximum absolute atomic E-state index is 12.8. The molecule has 4 rings (SSSR count). The van der Waals surface area contributed by atoms with Gasteiger partial charge in [0, 0.05) is 39.5 Å². The lowest BCUT2D eigenvalue weighted by molar-refractivity contribution is 0.0750. The Morgan fingerprint density at radius 2 is 2.13 bits per heavy atom. The van der Waals surface area contributed by atoms with Crippen LogP contribution in [0.1, 0.15) is 55.3 Å². The molecule has 7 heteroatoms. The van der Waals surface area contributed by atoms with Gasteiger partial charge in [0.05, 0.1) is 17.1 Å². The van der Waals surface area contributed by atoms with E-state index in [-0.39, 0.29) is 11.3 Å². The molecule has 0 spiro atoms. The summed E-state index contributed by atoms with van der Waals surface area (Å²) in [6.07, 6.45) is 5.86. The fraction of sp³-hybridized carbons (Fsp3) is 0.583. The highest BCUT2D eigenvalue weighted by molar-refractivity contribution is 7.18. The van der Waals surface area contributed by atoms with E-state index in [0.29, 0.717) is 6.10 Å². The first-order chi connectivity index (χ1) is 14.7. The Bertz CT molecular complexity index is 1060. The zero-order chi connectivity index (χ0) is 22.2. The summed E-state index contributed by atoms with van der Waals surface area (Å²) in [5, 5.41) is 0. The van der Waals surface area contributed by atoms with Gasteiger partial charge in [0.15, 0.2) is 4.96 Å². The van der Waals surface area contributed by atoms with Crippen molar-refractivity contribution in [3.63, 3.8) is 0 Å². The van der Waals surface area contributed by atoms with Crippen LogP contribution in [0.4, 0.5) is 0 Å². The zero-order valence-electron chi connectivity index (χ0n) is 19.4. The van der Waals surface area contributed by atoms with Gasteiger partial charge in [0.2, 0.25) is 0 Å². The maximum atomic E-state index is 12.8. The highest BCUT2D eigenvalue weighted by Crippen LogP contribution is 2.26. The first kappa shape index (κ1) is 22.2. The molecular weight excluding hydrogens is 408 g/mol. The van der Waals surface area contributed by atoms with E-state index in [2.05, 4.69) is 50.9 Å². The molecule has 1 saturated heterocycles. The molecule has 0 aliphatic carbocycles. The Morgan fingerprint density at radius 1 is 1.32 bits per heavy atom. The quantitative estimate of drug-likeness (QED) is 0.534. The summed E-state index contributed by atoms with van der Waals surface area (Å²) in [4.78, 5) is 23.4. The van der Waals surface area contributed by atoms with Gasteiger partial charge in [0.1, 0.15) is 4.88 Å². The smallest absolute Gasteiger partial charge is 0.265 e. The maximum Gasteiger partial charge on any atom is 0.265 e. The molecule has 1 fully saturated rings. The Balaban J connectivity index is 1.45. The molecule has 3 heterocycles. The number of benzene rings is 1. The molecule has 1 unspecified atom stereocenters. The van der Waals surface area contributed by atoms with Crippen LogP contribution in [0.3, 0.4) is 0 Å². The average Bonchev–Trinajstić information content (AvgIpc) is 3.40. The normalized spacial score (nSPS) is 17.3. The Hall–Kier alpha value is -1.96. The number of amides is 1. The van der Waals surface area contributed by atoms with Crippen molar-refractivity contribution in [1.82, 2.24) is 19.2 Å². The van der Waals surface area contributed by atoms with Crippen LogP contribution < -0.4 is 0 Å². The molecule has 6 nitrogen and oxygen atoms in total. The fourth-order valence-electron chi connectivity index (χ4n) is 4.36. The third-order valence-electron chi connectivity index (χ3n) is 5.75. The first-order valence-corrected chi connectivity index (χ1v) is 12.0. The van der Waals surface area contributed by atoms with Gasteiger partial charge in [-0.1, -0.05) is 38.2 Å². The molecule has 31 heavy (non-hydrogen) atoms. The number of carbonyl (C=O) groups is 1. The van der Waals surface area contributed by atoms with Gasteiger partial charge in [-0.2, -0.15) is 0 Å². The third-order valence-corrected chi connectivity index (χ3v) is 6.72. The van der Waals surface area contributed by atoms with Crippen LogP contribution in [0, 0.1) is 5.41 Å². The van der Waals surface area contributed by atoms with Crippen molar-refractivity contribution in [3.8, 4) is 0 Å². The lowest BCUT2D eigenvalue weighted by Gasteiger charge is -2.26. The van der Waals surface area contributed by atoms with Crippen LogP contribution in [0.5, 0.6) is 0 Å². The van der Waals surface area contributed by atoms with Crippen molar-refractivity contribution in [2.75, 3.05) is 33.8 Å². The number of rotatable bonds is 7. The van der Waals surface area contributed by atoms with E-state index in [0.717, 1.165) is 53.5 Å². The second-order valence-electron chi connectivity index (χ2n) is 10.1. The molecule has 1 atom stereocenters. The number of aromatic nitrogens is 2. The molecule has 168 valence electrons. The zero-order valence-corrected chi connectivity index (χ0v) is 20.2. The van der Waals surface area contributed by atoms with Gasteiger partial charge < -0.3 is 14.5 Å². The number of carbonyl (C=O) groups excluding carboxylic acids is 1. The lowest BCUT2D eigenvalue weighted by atomic mass is 9.96. The van der Waals surface area contributed by atoms with Gasteiger partial charge in [-0.05, 0) is 49.4 Å². The summed E-state index contributed by atoms with van der Waals surface area (Å²) in [7, 11) is 4.03. The number of thiazole rings is 1. The fourth-order valence-corrected chi connectivity index (χ4v) is 5.35. The van der Waals surface area contributed by atoms with Gasteiger partial charge >= 0.3 is 0 Å². The van der Waals surface area contributed by atoms with Crippen LogP contribution in [-0.2, 0) is 11.3 Å². The van der Waals surface area contributed by atoms with Crippen LogP contribution >= 0.6 is 11.3 Å². The highest BCUT2D eigenvalue weighted by Gasteiger charge is 2.22. The second-order valence-corrected chi connectivity index (χ2v) is 11.1. The van der Waals surface area contributed by atoms with Crippen LogP contribution in [-0.4, -0.2) is 65.0 Å². The SMILES string of the molecule is CN(CCC1CCCO1)Cc1ccc2c(c1)nc1sc(C(=O)N(C)CC(C)(C)C)cn12. The third kappa shape index (κ3) is 5.27. The van der Waals surface area contributed by atoms with E-state index < -0.39 is 0 Å². The number of hydrogen-bond acceptors (Lipinski definition) is 5. The van der Waals surface area contributed by atoms with E-state index in [1.165, 1.54) is 29.7 Å². The molecule has 1 amide bonds. The number of imidazole rings is 1. The lowest BCUT2D eigenvalue weighted by Crippen LogP contribution is -2.34. The summed E-state index contributed by atoms with van der Waals surface area (Å²) < 4.78 is 7.78. The molecule has 2 aromatic heterocycles. The van der Waals surface area contributed by atoms with E-state index in [4.69, 9.17) is 9.72 Å². The van der Waals surface area contributed by atoms with Crippen molar-refractivity contribution in [3.05, 3.63) is 34.8 Å². The summed E-state index contributed by atoms with van der Waals surface area (Å²) in [6, 6.07) is 6.47. The van der Waals surface area contributed by atoms with Crippen molar-refractivity contribution >= 4 is 33.2 Å². The Labute approximate surface area is 188 Å². The Morgan fingerprint density at radius 3 is 2.84 bits per heavy atom. The molecule has 0 radical (unpaired) electrons. The predicted octanol–water partition coefficient (Wildman–Crippen LogP) is 4.67. The minimum absolute atomic E-state index is 0.0584. The summed E-state index contributed by atoms with van der Waals surface area (Å²) in [5.41, 5.74) is 3.37. The van der Waals surface area contributed by atoms with Gasteiger partial charge in [0.25, 0.3) is 5.91 Å². The van der Waals surface area contributed by atoms with Crippen molar-refractivity contribution in [1.29, 1.82) is 0 Å². The molecule has 0 N–H and O–H groups in total. The molecule has 3 aromatic rings. The van der Waals surface area contributed by atoms with Crippen LogP contribution in [0.25, 0.3) is 16.0 Å². The van der Waals surface area contributed by atoms with Gasteiger partial charge in [-0.25, -0.2) is 4.98 Å². The van der Waals surface area contributed by atoms with Crippen molar-refractivity contribution in [2.45, 2.75) is 52.7 Å². The Kier molecular flexibility index (Phi) is 6.37. The van der Waals surface area contributed by atoms with E-state index in [1.54, 1.807) is 4.90 Å². The monoisotopic (exact) mass is 442 g/mol. The molecule has 0 saturated carbocycles. The van der Waals surface area contributed by atoms with Crippen LogP contribution in [0.2, 0.25) is 0 Å². The molecule has 0 bridgehead atoms. The van der Waals surface area contributed by atoms with E-state index in [1.807, 2.05) is 17.6 Å². The number of nitrogens with zero attached hydrogens (tertiary/aromatic N) is 4. The minimum atomic E-state index is 0.0584. The summed E-state index contributed by atoms with van der Waals surface area (Å²) in [6.45, 7) is 10.00. The highest BCUT2D eigenvalue weighted by atomic mass is 32.1. The minimum Gasteiger partial charge on any atom is -0.378 e. The first-order valence-electron chi connectivity index (χ1n) is 11.2. The number of fused-ring (bicyclic) bond motifs is 3. The number of hydrogen-bond donors (Lipinski definition) is 0. The molecule has 1 aromatic carbocycles. The van der Waals surface area contributed by atoms with Crippen molar-refractivity contribution in [2.24, 2.45) is 5.41 Å². The van der Waals surface area contributed by atoms with Crippen molar-refractivity contribution < 1.29 is 9.53 Å². The molecule has 1 aliphatic heterocycles. The second kappa shape index (κ2) is 8.88. The molecule has 1 aliphatic rings. The largest absolute Gasteiger partial charge is 0.378 e. The van der Waals surface area contributed by atoms with Gasteiger partial charge in [-0.15, -0.1) is 0 Å². The molecular formula is C24H34N4O2S. The van der Waals surface area contributed by atoms with E-state index in [9.17, 15) is 4.79 Å². The van der Waals surface area contributed by atoms with Gasteiger partial charge in [-0.3, -0.25) is 9.20 Å². The average molecular weight is 443 g/mol. The van der Waals surface area contributed by atoms with E-state index >= 15 is 0 Å². The summed E-state index contributed by atoms with van der Waals surface area (Å²) in [5.74, 6) is 0.0584.